The quantitative estimate of drug-likeness (QED) is 0.636. The van der Waals surface area contributed by atoms with Crippen LogP contribution in [0, 0.1) is 13.8 Å². The molecule has 0 N–H and O–H groups in total. The van der Waals surface area contributed by atoms with Crippen molar-refractivity contribution >= 4 is 20.4 Å². The summed E-state index contributed by atoms with van der Waals surface area (Å²) in [5.74, 6) is 0. The predicted molar refractivity (Wildman–Crippen MR) is 56.6 cm³/mol. The van der Waals surface area contributed by atoms with Gasteiger partial charge >= 0.3 is 98.1 Å². The number of rotatable bonds is 0. The van der Waals surface area contributed by atoms with Crippen molar-refractivity contribution in [2.75, 3.05) is 0 Å². The Morgan fingerprint density at radius 1 is 1.00 bits per heavy atom. The second-order valence-corrected chi connectivity index (χ2v) is 8.23. The van der Waals surface area contributed by atoms with Gasteiger partial charge in [0.2, 0.25) is 0 Å². The van der Waals surface area contributed by atoms with Gasteiger partial charge in [-0.15, -0.1) is 0 Å². The first kappa shape index (κ1) is 13.1. The number of hydrogen-bond donors (Lipinski definition) is 0. The third-order valence-electron chi connectivity index (χ3n) is 2.29. The summed E-state index contributed by atoms with van der Waals surface area (Å²) in [6, 6.07) is 0. The summed E-state index contributed by atoms with van der Waals surface area (Å²) in [6.45, 7) is 9.22. The van der Waals surface area contributed by atoms with E-state index in [0.29, 0.717) is 9.14 Å². The molecular weight excluding hydrogens is 317 g/mol. The standard InChI is InChI=1S/C11H15F3Te/c1-6-8(11(12,13)14)7(2)15-9(6)10(3,4)5/h1-5H3. The monoisotopic (exact) mass is 334 g/mol. The molecule has 0 bridgehead atoms. The summed E-state index contributed by atoms with van der Waals surface area (Å²) < 4.78 is 39.9. The minimum atomic E-state index is -4.17. The molecular formula is C11H15F3Te. The Labute approximate surface area is 98.1 Å². The molecule has 0 unspecified atom stereocenters. The Hall–Kier alpha value is 0.0596. The predicted octanol–water partition coefficient (Wildman–Crippen LogP) is 3.68. The molecule has 1 rings (SSSR count). The van der Waals surface area contributed by atoms with Crippen LogP contribution in [-0.4, -0.2) is 20.4 Å². The van der Waals surface area contributed by atoms with Gasteiger partial charge in [-0.05, 0) is 0 Å². The Morgan fingerprint density at radius 3 is 1.67 bits per heavy atom. The van der Waals surface area contributed by atoms with Crippen LogP contribution in [0.3, 0.4) is 0 Å². The molecule has 0 aliphatic heterocycles. The molecule has 0 fully saturated rings. The molecule has 0 aromatic carbocycles. The Bertz CT molecular complexity index is 366. The molecule has 0 nitrogen and oxygen atoms in total. The van der Waals surface area contributed by atoms with Gasteiger partial charge in [0.05, 0.1) is 0 Å². The third-order valence-corrected chi connectivity index (χ3v) is 6.95. The molecule has 0 amide bonds. The van der Waals surface area contributed by atoms with Crippen molar-refractivity contribution in [1.29, 1.82) is 0 Å². The summed E-state index contributed by atoms with van der Waals surface area (Å²) in [7, 11) is 0. The Kier molecular flexibility index (Phi) is 3.34. The second-order valence-electron chi connectivity index (χ2n) is 4.74. The zero-order valence-corrected chi connectivity index (χ0v) is 11.9. The summed E-state index contributed by atoms with van der Waals surface area (Å²) in [5.41, 5.74) is 0.00495. The number of aryl methyl sites for hydroxylation is 1. The molecule has 0 aliphatic carbocycles. The molecule has 1 aromatic rings. The Morgan fingerprint density at radius 2 is 1.47 bits per heavy atom. The molecule has 1 aromatic heterocycles. The summed E-state index contributed by atoms with van der Waals surface area (Å²) in [4.78, 5) is 0. The van der Waals surface area contributed by atoms with Gasteiger partial charge in [0.1, 0.15) is 0 Å². The van der Waals surface area contributed by atoms with Crippen LogP contribution < -0.4 is 0 Å². The van der Waals surface area contributed by atoms with Gasteiger partial charge in [-0.25, -0.2) is 0 Å². The van der Waals surface area contributed by atoms with E-state index < -0.39 is 26.6 Å². The van der Waals surface area contributed by atoms with Crippen LogP contribution in [0.5, 0.6) is 0 Å². The van der Waals surface area contributed by atoms with Gasteiger partial charge in [-0.1, -0.05) is 0 Å². The first-order valence-corrected chi connectivity index (χ1v) is 7.06. The number of hydrogen-bond acceptors (Lipinski definition) is 0. The van der Waals surface area contributed by atoms with Crippen molar-refractivity contribution in [3.63, 3.8) is 0 Å². The zero-order valence-electron chi connectivity index (χ0n) is 9.54. The van der Waals surface area contributed by atoms with Crippen molar-refractivity contribution in [1.82, 2.24) is 0 Å². The molecule has 0 atom stereocenters. The summed E-state index contributed by atoms with van der Waals surface area (Å²) in [6.07, 6.45) is -4.17. The van der Waals surface area contributed by atoms with Crippen molar-refractivity contribution in [2.24, 2.45) is 0 Å². The van der Waals surface area contributed by atoms with E-state index in [4.69, 9.17) is 0 Å². The van der Waals surface area contributed by atoms with Crippen LogP contribution >= 0.6 is 0 Å². The van der Waals surface area contributed by atoms with Crippen molar-refractivity contribution < 1.29 is 13.2 Å². The van der Waals surface area contributed by atoms with Gasteiger partial charge < -0.3 is 0 Å². The molecule has 15 heavy (non-hydrogen) atoms. The fraction of sp³-hybridized carbons (Fsp3) is 0.636. The van der Waals surface area contributed by atoms with E-state index in [1.807, 2.05) is 20.8 Å². The molecule has 0 aliphatic rings. The van der Waals surface area contributed by atoms with E-state index >= 15 is 0 Å². The van der Waals surface area contributed by atoms with E-state index in [-0.39, 0.29) is 11.0 Å². The van der Waals surface area contributed by atoms with Gasteiger partial charge in [0, 0.05) is 0 Å². The molecule has 0 saturated heterocycles. The van der Waals surface area contributed by atoms with Crippen LogP contribution in [0.2, 0.25) is 0 Å². The number of alkyl halides is 3. The summed E-state index contributed by atoms with van der Waals surface area (Å²) in [5, 5.41) is 0. The minimum absolute atomic E-state index is 0.124. The average molecular weight is 332 g/mol. The van der Waals surface area contributed by atoms with Crippen molar-refractivity contribution in [2.45, 2.75) is 46.2 Å². The van der Waals surface area contributed by atoms with E-state index in [1.54, 1.807) is 13.8 Å². The van der Waals surface area contributed by atoms with Crippen LogP contribution in [0.25, 0.3) is 0 Å². The van der Waals surface area contributed by atoms with Gasteiger partial charge in [0.15, 0.2) is 0 Å². The second kappa shape index (κ2) is 3.82. The van der Waals surface area contributed by atoms with Crippen molar-refractivity contribution in [3.05, 3.63) is 18.3 Å². The molecule has 0 saturated carbocycles. The first-order chi connectivity index (χ1) is 6.55. The van der Waals surface area contributed by atoms with Crippen LogP contribution in [-0.2, 0) is 11.6 Å². The average Bonchev–Trinajstić information content (AvgIpc) is 2.22. The Balaban J connectivity index is 3.41. The van der Waals surface area contributed by atoms with Crippen LogP contribution in [0.15, 0.2) is 0 Å². The molecule has 86 valence electrons. The normalized spacial score (nSPS) is 13.3. The van der Waals surface area contributed by atoms with E-state index in [2.05, 4.69) is 0 Å². The maximum absolute atomic E-state index is 12.8. The van der Waals surface area contributed by atoms with Crippen molar-refractivity contribution in [3.8, 4) is 0 Å². The first-order valence-electron chi connectivity index (χ1n) is 4.73. The molecule has 0 spiro atoms. The molecule has 4 heteroatoms. The third kappa shape index (κ3) is 2.60. The zero-order chi connectivity index (χ0) is 12.0. The van der Waals surface area contributed by atoms with Crippen LogP contribution in [0.1, 0.15) is 39.1 Å². The van der Waals surface area contributed by atoms with E-state index in [9.17, 15) is 13.2 Å². The fourth-order valence-electron chi connectivity index (χ4n) is 1.79. The van der Waals surface area contributed by atoms with Crippen LogP contribution in [0.4, 0.5) is 13.2 Å². The van der Waals surface area contributed by atoms with Gasteiger partial charge in [-0.2, -0.15) is 0 Å². The van der Waals surface area contributed by atoms with Gasteiger partial charge in [-0.3, -0.25) is 0 Å². The van der Waals surface area contributed by atoms with E-state index in [1.165, 1.54) is 0 Å². The fourth-order valence-corrected chi connectivity index (χ4v) is 5.32. The maximum atomic E-state index is 12.8. The molecule has 1 heterocycles. The summed E-state index contributed by atoms with van der Waals surface area (Å²) >= 11 is -0.774. The molecule has 0 radical (unpaired) electrons. The van der Waals surface area contributed by atoms with E-state index in [0.717, 1.165) is 3.58 Å². The topological polar surface area (TPSA) is 0 Å². The SMILES string of the molecule is Cc1[te]c(C(C)(C)C)c(C)c1C(F)(F)F. The number of halogens is 3. The van der Waals surface area contributed by atoms with Gasteiger partial charge in [0.25, 0.3) is 0 Å².